The third-order valence-electron chi connectivity index (χ3n) is 6.08. The van der Waals surface area contributed by atoms with E-state index in [2.05, 4.69) is 9.80 Å². The summed E-state index contributed by atoms with van der Waals surface area (Å²) in [5.41, 5.74) is 4.72. The molecule has 8 heteroatoms. The summed E-state index contributed by atoms with van der Waals surface area (Å²) >= 11 is 24.5. The lowest BCUT2D eigenvalue weighted by molar-refractivity contribution is 0.249. The summed E-state index contributed by atoms with van der Waals surface area (Å²) in [5.74, 6) is 0.863. The number of aromatic nitrogens is 2. The van der Waals surface area contributed by atoms with E-state index in [1.807, 2.05) is 72.9 Å². The SMILES string of the molecule is Clc1ccc(-c2ncc(N3CCN(Cc4ccc(Cl)c(Cl)c4)CC3)nc2-c2ccc(Cl)cc2)cc1. The Hall–Kier alpha value is -2.34. The molecule has 0 radical (unpaired) electrons. The van der Waals surface area contributed by atoms with Gasteiger partial charge in [0, 0.05) is 53.9 Å². The topological polar surface area (TPSA) is 32.3 Å². The van der Waals surface area contributed by atoms with Crippen molar-refractivity contribution in [2.45, 2.75) is 6.54 Å². The lowest BCUT2D eigenvalue weighted by Crippen LogP contribution is -2.46. The van der Waals surface area contributed by atoms with Crippen LogP contribution in [-0.4, -0.2) is 41.0 Å². The summed E-state index contributed by atoms with van der Waals surface area (Å²) in [6.07, 6.45) is 1.86. The normalized spacial score (nSPS) is 14.3. The summed E-state index contributed by atoms with van der Waals surface area (Å²) in [4.78, 5) is 14.6. The molecule has 5 rings (SSSR count). The molecule has 0 spiro atoms. The Kier molecular flexibility index (Phi) is 7.47. The fourth-order valence-corrected chi connectivity index (χ4v) is 4.76. The fourth-order valence-electron chi connectivity index (χ4n) is 4.19. The van der Waals surface area contributed by atoms with Crippen LogP contribution in [-0.2, 0) is 6.54 Å². The second kappa shape index (κ2) is 10.7. The summed E-state index contributed by atoms with van der Waals surface area (Å²) in [6, 6.07) is 21.2. The van der Waals surface area contributed by atoms with Gasteiger partial charge in [0.15, 0.2) is 0 Å². The molecule has 35 heavy (non-hydrogen) atoms. The van der Waals surface area contributed by atoms with Crippen molar-refractivity contribution in [2.24, 2.45) is 0 Å². The van der Waals surface area contributed by atoms with Crippen molar-refractivity contribution in [1.29, 1.82) is 0 Å². The summed E-state index contributed by atoms with van der Waals surface area (Å²) in [5, 5.41) is 2.54. The molecule has 0 N–H and O–H groups in total. The van der Waals surface area contributed by atoms with Crippen molar-refractivity contribution in [3.05, 3.63) is 98.6 Å². The Morgan fingerprint density at radius 3 is 1.86 bits per heavy atom. The third kappa shape index (κ3) is 5.74. The summed E-state index contributed by atoms with van der Waals surface area (Å²) in [6.45, 7) is 4.38. The first kappa shape index (κ1) is 24.4. The Morgan fingerprint density at radius 2 is 1.26 bits per heavy atom. The maximum absolute atomic E-state index is 6.19. The summed E-state index contributed by atoms with van der Waals surface area (Å²) < 4.78 is 0. The number of nitrogens with zero attached hydrogens (tertiary/aromatic N) is 4. The lowest BCUT2D eigenvalue weighted by atomic mass is 10.0. The van der Waals surface area contributed by atoms with E-state index in [1.54, 1.807) is 0 Å². The zero-order valence-electron chi connectivity index (χ0n) is 18.8. The van der Waals surface area contributed by atoms with Gasteiger partial charge in [-0.15, -0.1) is 0 Å². The molecule has 1 aliphatic heterocycles. The van der Waals surface area contributed by atoms with E-state index in [-0.39, 0.29) is 0 Å². The van der Waals surface area contributed by atoms with Gasteiger partial charge in [0.2, 0.25) is 0 Å². The minimum absolute atomic E-state index is 0.581. The maximum atomic E-state index is 6.19. The van der Waals surface area contributed by atoms with Gasteiger partial charge in [-0.05, 0) is 42.0 Å². The molecule has 1 fully saturated rings. The van der Waals surface area contributed by atoms with Gasteiger partial charge < -0.3 is 4.90 Å². The first-order valence-corrected chi connectivity index (χ1v) is 12.8. The second-order valence-corrected chi connectivity index (χ2v) is 10.1. The predicted molar refractivity (Wildman–Crippen MR) is 147 cm³/mol. The number of benzene rings is 3. The Balaban J connectivity index is 1.37. The number of hydrogen-bond acceptors (Lipinski definition) is 4. The van der Waals surface area contributed by atoms with Gasteiger partial charge in [-0.1, -0.05) is 76.7 Å². The summed E-state index contributed by atoms with van der Waals surface area (Å²) in [7, 11) is 0. The molecule has 0 bridgehead atoms. The van der Waals surface area contributed by atoms with Crippen molar-refractivity contribution in [2.75, 3.05) is 31.1 Å². The largest absolute Gasteiger partial charge is 0.353 e. The van der Waals surface area contributed by atoms with Crippen molar-refractivity contribution in [1.82, 2.24) is 14.9 Å². The van der Waals surface area contributed by atoms with Crippen LogP contribution < -0.4 is 4.90 Å². The van der Waals surface area contributed by atoms with Crippen LogP contribution in [0.25, 0.3) is 22.5 Å². The smallest absolute Gasteiger partial charge is 0.147 e. The standard InChI is InChI=1S/C27H22Cl4N4/c28-21-6-2-19(3-7-21)26-27(20-4-8-22(29)9-5-20)33-25(16-32-26)35-13-11-34(12-14-35)17-18-1-10-23(30)24(31)15-18/h1-10,15-16H,11-14,17H2. The average Bonchev–Trinajstić information content (AvgIpc) is 2.87. The average molecular weight is 544 g/mol. The number of halogens is 4. The molecule has 1 saturated heterocycles. The molecule has 1 aromatic heterocycles. The van der Waals surface area contributed by atoms with Crippen LogP contribution >= 0.6 is 46.4 Å². The number of anilines is 1. The van der Waals surface area contributed by atoms with Crippen LogP contribution in [0.2, 0.25) is 20.1 Å². The van der Waals surface area contributed by atoms with Gasteiger partial charge in [0.25, 0.3) is 0 Å². The number of hydrogen-bond donors (Lipinski definition) is 0. The maximum Gasteiger partial charge on any atom is 0.147 e. The molecule has 3 aromatic carbocycles. The van der Waals surface area contributed by atoms with E-state index in [9.17, 15) is 0 Å². The molecule has 0 aliphatic carbocycles. The minimum Gasteiger partial charge on any atom is -0.353 e. The van der Waals surface area contributed by atoms with Crippen molar-refractivity contribution in [3.63, 3.8) is 0 Å². The van der Waals surface area contributed by atoms with Gasteiger partial charge in [0.1, 0.15) is 5.82 Å². The van der Waals surface area contributed by atoms with Crippen LogP contribution in [0, 0.1) is 0 Å². The van der Waals surface area contributed by atoms with Crippen LogP contribution in [0.3, 0.4) is 0 Å². The minimum atomic E-state index is 0.581. The molecule has 0 unspecified atom stereocenters. The Labute approximate surface area is 225 Å². The molecule has 4 aromatic rings. The van der Waals surface area contributed by atoms with E-state index in [0.717, 1.165) is 66.6 Å². The molecule has 178 valence electrons. The molecule has 4 nitrogen and oxygen atoms in total. The lowest BCUT2D eigenvalue weighted by Gasteiger charge is -2.35. The van der Waals surface area contributed by atoms with Gasteiger partial charge in [-0.3, -0.25) is 9.88 Å². The highest BCUT2D eigenvalue weighted by atomic mass is 35.5. The van der Waals surface area contributed by atoms with Crippen LogP contribution in [0.1, 0.15) is 5.56 Å². The fraction of sp³-hybridized carbons (Fsp3) is 0.185. The highest BCUT2D eigenvalue weighted by Gasteiger charge is 2.21. The van der Waals surface area contributed by atoms with Gasteiger partial charge >= 0.3 is 0 Å². The second-order valence-electron chi connectivity index (χ2n) is 8.45. The quantitative estimate of drug-likeness (QED) is 0.257. The molecular weight excluding hydrogens is 522 g/mol. The molecule has 0 saturated carbocycles. The number of piperazine rings is 1. The van der Waals surface area contributed by atoms with Gasteiger partial charge in [0.05, 0.1) is 27.6 Å². The highest BCUT2D eigenvalue weighted by molar-refractivity contribution is 6.42. The van der Waals surface area contributed by atoms with Crippen molar-refractivity contribution < 1.29 is 0 Å². The third-order valence-corrected chi connectivity index (χ3v) is 7.32. The predicted octanol–water partition coefficient (Wildman–Crippen LogP) is 7.75. The molecule has 2 heterocycles. The van der Waals surface area contributed by atoms with E-state index < -0.39 is 0 Å². The van der Waals surface area contributed by atoms with Crippen molar-refractivity contribution >= 4 is 52.2 Å². The Morgan fingerprint density at radius 1 is 0.657 bits per heavy atom. The zero-order chi connectivity index (χ0) is 24.4. The first-order valence-electron chi connectivity index (χ1n) is 11.3. The zero-order valence-corrected chi connectivity index (χ0v) is 21.8. The van der Waals surface area contributed by atoms with E-state index in [0.29, 0.717) is 20.1 Å². The Bertz CT molecular complexity index is 1320. The molecular formula is C27H22Cl4N4. The van der Waals surface area contributed by atoms with Gasteiger partial charge in [-0.2, -0.15) is 0 Å². The molecule has 0 atom stereocenters. The van der Waals surface area contributed by atoms with Crippen molar-refractivity contribution in [3.8, 4) is 22.5 Å². The molecule has 0 amide bonds. The monoisotopic (exact) mass is 542 g/mol. The molecule has 1 aliphatic rings. The number of rotatable bonds is 5. The highest BCUT2D eigenvalue weighted by Crippen LogP contribution is 2.32. The van der Waals surface area contributed by atoms with E-state index >= 15 is 0 Å². The van der Waals surface area contributed by atoms with Crippen LogP contribution in [0.15, 0.2) is 72.9 Å². The van der Waals surface area contributed by atoms with E-state index in [1.165, 1.54) is 0 Å². The van der Waals surface area contributed by atoms with Gasteiger partial charge in [-0.25, -0.2) is 4.98 Å². The van der Waals surface area contributed by atoms with Crippen LogP contribution in [0.5, 0.6) is 0 Å². The van der Waals surface area contributed by atoms with E-state index in [4.69, 9.17) is 56.4 Å². The van der Waals surface area contributed by atoms with Crippen LogP contribution in [0.4, 0.5) is 5.82 Å². The first-order chi connectivity index (χ1) is 17.0.